The van der Waals surface area contributed by atoms with E-state index >= 15 is 0 Å². The van der Waals surface area contributed by atoms with Gasteiger partial charge in [0.05, 0.1) is 16.3 Å². The molecular formula is C20H16Cl2N2O3. The van der Waals surface area contributed by atoms with Crippen molar-refractivity contribution >= 4 is 52.0 Å². The predicted molar refractivity (Wildman–Crippen MR) is 106 cm³/mol. The lowest BCUT2D eigenvalue weighted by atomic mass is 10.1. The van der Waals surface area contributed by atoms with Crippen LogP contribution in [0.1, 0.15) is 18.4 Å². The number of halogens is 2. The molecule has 138 valence electrons. The molecule has 7 heteroatoms. The number of anilines is 2. The highest BCUT2D eigenvalue weighted by Crippen LogP contribution is 2.36. The van der Waals surface area contributed by atoms with E-state index in [9.17, 15) is 14.7 Å². The minimum atomic E-state index is -0.769. The second-order valence-electron chi connectivity index (χ2n) is 6.50. The smallest absolute Gasteiger partial charge is 0.301 e. The van der Waals surface area contributed by atoms with Crippen molar-refractivity contribution in [1.29, 1.82) is 0 Å². The van der Waals surface area contributed by atoms with Gasteiger partial charge in [-0.25, -0.2) is 4.90 Å². The third-order valence-electron chi connectivity index (χ3n) is 4.84. The summed E-state index contributed by atoms with van der Waals surface area (Å²) in [6, 6.07) is 11.7. The van der Waals surface area contributed by atoms with Crippen LogP contribution in [0.4, 0.5) is 11.4 Å². The maximum atomic E-state index is 12.9. The van der Waals surface area contributed by atoms with Crippen molar-refractivity contribution in [2.75, 3.05) is 22.9 Å². The largest absolute Gasteiger partial charge is 0.502 e. The summed E-state index contributed by atoms with van der Waals surface area (Å²) in [6.45, 7) is 2.00. The van der Waals surface area contributed by atoms with E-state index < -0.39 is 17.6 Å². The SMILES string of the molecule is O=C1C(O)=C(c2ccc(Cl)cc2Cl)C(=O)N1c1ccc(N2CCCC2)cc1. The first-order chi connectivity index (χ1) is 13.0. The number of imide groups is 1. The molecule has 0 radical (unpaired) electrons. The maximum absolute atomic E-state index is 12.9. The second kappa shape index (κ2) is 6.91. The molecule has 0 bridgehead atoms. The number of hydrogen-bond donors (Lipinski definition) is 1. The van der Waals surface area contributed by atoms with E-state index in [0.717, 1.165) is 36.5 Å². The summed E-state index contributed by atoms with van der Waals surface area (Å²) in [5.74, 6) is -2.00. The molecule has 4 rings (SSSR count). The Kier molecular flexibility index (Phi) is 4.58. The molecule has 2 aliphatic heterocycles. The predicted octanol–water partition coefficient (Wildman–Crippen LogP) is 4.44. The van der Waals surface area contributed by atoms with Gasteiger partial charge < -0.3 is 10.0 Å². The number of rotatable bonds is 3. The number of carbonyl (C=O) groups is 2. The van der Waals surface area contributed by atoms with Gasteiger partial charge in [-0.1, -0.05) is 29.3 Å². The first-order valence-electron chi connectivity index (χ1n) is 8.60. The van der Waals surface area contributed by atoms with E-state index in [4.69, 9.17) is 23.2 Å². The minimum Gasteiger partial charge on any atom is -0.502 e. The van der Waals surface area contributed by atoms with Crippen LogP contribution in [0.3, 0.4) is 0 Å². The van der Waals surface area contributed by atoms with Gasteiger partial charge in [0, 0.05) is 29.4 Å². The van der Waals surface area contributed by atoms with Gasteiger partial charge in [-0.2, -0.15) is 0 Å². The molecule has 1 saturated heterocycles. The van der Waals surface area contributed by atoms with Crippen molar-refractivity contribution in [2.24, 2.45) is 0 Å². The number of aliphatic hydroxyl groups is 1. The molecule has 27 heavy (non-hydrogen) atoms. The van der Waals surface area contributed by atoms with Gasteiger partial charge in [-0.15, -0.1) is 0 Å². The van der Waals surface area contributed by atoms with Gasteiger partial charge in [0.25, 0.3) is 5.91 Å². The van der Waals surface area contributed by atoms with Gasteiger partial charge in [0.15, 0.2) is 5.76 Å². The average molecular weight is 403 g/mol. The van der Waals surface area contributed by atoms with E-state index in [1.165, 1.54) is 12.1 Å². The Bertz CT molecular complexity index is 964. The number of hydrogen-bond acceptors (Lipinski definition) is 4. The van der Waals surface area contributed by atoms with Crippen molar-refractivity contribution < 1.29 is 14.7 Å². The standard InChI is InChI=1S/C20H16Cl2N2O3/c21-12-3-8-15(16(22)11-12)17-18(25)20(27)24(19(17)26)14-6-4-13(5-7-14)23-9-1-2-10-23/h3-8,11,25H,1-2,9-10H2. The van der Waals surface area contributed by atoms with E-state index in [2.05, 4.69) is 4.90 Å². The highest BCUT2D eigenvalue weighted by molar-refractivity contribution is 6.47. The first-order valence-corrected chi connectivity index (χ1v) is 9.35. The van der Waals surface area contributed by atoms with Gasteiger partial charge in [-0.3, -0.25) is 9.59 Å². The zero-order chi connectivity index (χ0) is 19.1. The minimum absolute atomic E-state index is 0.120. The maximum Gasteiger partial charge on any atom is 0.301 e. The number of carbonyl (C=O) groups excluding carboxylic acids is 2. The molecule has 2 aliphatic rings. The highest BCUT2D eigenvalue weighted by Gasteiger charge is 2.41. The Balaban J connectivity index is 1.66. The Labute approximate surface area is 166 Å². The molecule has 2 amide bonds. The third-order valence-corrected chi connectivity index (χ3v) is 5.39. The number of benzene rings is 2. The van der Waals surface area contributed by atoms with Crippen LogP contribution in [-0.4, -0.2) is 30.0 Å². The molecule has 0 aromatic heterocycles. The van der Waals surface area contributed by atoms with Crippen LogP contribution in [0.2, 0.25) is 10.0 Å². The lowest BCUT2D eigenvalue weighted by molar-refractivity contribution is -0.121. The number of aliphatic hydroxyl groups excluding tert-OH is 1. The molecule has 0 atom stereocenters. The average Bonchev–Trinajstić information content (AvgIpc) is 3.25. The van der Waals surface area contributed by atoms with E-state index in [0.29, 0.717) is 10.7 Å². The third kappa shape index (κ3) is 3.07. The lowest BCUT2D eigenvalue weighted by Crippen LogP contribution is -2.31. The van der Waals surface area contributed by atoms with Gasteiger partial charge >= 0.3 is 5.91 Å². The molecule has 5 nitrogen and oxygen atoms in total. The molecule has 2 heterocycles. The van der Waals surface area contributed by atoms with Crippen LogP contribution >= 0.6 is 23.2 Å². The fraction of sp³-hybridized carbons (Fsp3) is 0.200. The zero-order valence-corrected chi connectivity index (χ0v) is 15.8. The lowest BCUT2D eigenvalue weighted by Gasteiger charge is -2.20. The van der Waals surface area contributed by atoms with Crippen LogP contribution < -0.4 is 9.80 Å². The summed E-state index contributed by atoms with van der Waals surface area (Å²) in [4.78, 5) is 28.6. The molecule has 0 spiro atoms. The van der Waals surface area contributed by atoms with Crippen LogP contribution in [-0.2, 0) is 9.59 Å². The van der Waals surface area contributed by atoms with Crippen molar-refractivity contribution in [3.05, 3.63) is 63.8 Å². The van der Waals surface area contributed by atoms with Gasteiger partial charge in [-0.05, 0) is 49.2 Å². The normalized spacial score (nSPS) is 17.4. The summed E-state index contributed by atoms with van der Waals surface area (Å²) in [7, 11) is 0. The first kappa shape index (κ1) is 17.9. The van der Waals surface area contributed by atoms with Crippen LogP contribution in [0.25, 0.3) is 5.57 Å². The Morgan fingerprint density at radius 3 is 2.11 bits per heavy atom. The topological polar surface area (TPSA) is 60.9 Å². The van der Waals surface area contributed by atoms with Gasteiger partial charge in [0.1, 0.15) is 0 Å². The molecule has 0 saturated carbocycles. The van der Waals surface area contributed by atoms with Crippen molar-refractivity contribution in [2.45, 2.75) is 12.8 Å². The molecule has 1 N–H and O–H groups in total. The molecule has 2 aromatic carbocycles. The van der Waals surface area contributed by atoms with Gasteiger partial charge in [0.2, 0.25) is 0 Å². The van der Waals surface area contributed by atoms with E-state index in [1.54, 1.807) is 18.2 Å². The van der Waals surface area contributed by atoms with E-state index in [-0.39, 0.29) is 16.2 Å². The van der Waals surface area contributed by atoms with Crippen molar-refractivity contribution in [1.82, 2.24) is 0 Å². The summed E-state index contributed by atoms with van der Waals surface area (Å²) in [6.07, 6.45) is 2.32. The van der Waals surface area contributed by atoms with E-state index in [1.807, 2.05) is 12.1 Å². The highest BCUT2D eigenvalue weighted by atomic mass is 35.5. The summed E-state index contributed by atoms with van der Waals surface area (Å²) in [5, 5.41) is 10.9. The summed E-state index contributed by atoms with van der Waals surface area (Å²) >= 11 is 12.0. The quantitative estimate of drug-likeness (QED) is 0.770. The van der Waals surface area contributed by atoms with Crippen molar-refractivity contribution in [3.63, 3.8) is 0 Å². The van der Waals surface area contributed by atoms with Crippen LogP contribution in [0.5, 0.6) is 0 Å². The molecular weight excluding hydrogens is 387 g/mol. The van der Waals surface area contributed by atoms with Crippen LogP contribution in [0, 0.1) is 0 Å². The van der Waals surface area contributed by atoms with Crippen molar-refractivity contribution in [3.8, 4) is 0 Å². The fourth-order valence-electron chi connectivity index (χ4n) is 3.48. The number of amides is 2. The zero-order valence-electron chi connectivity index (χ0n) is 14.3. The second-order valence-corrected chi connectivity index (χ2v) is 7.35. The monoisotopic (exact) mass is 402 g/mol. The Hall–Kier alpha value is -2.50. The molecule has 1 fully saturated rings. The molecule has 0 unspecified atom stereocenters. The Morgan fingerprint density at radius 1 is 0.852 bits per heavy atom. The van der Waals surface area contributed by atoms with Crippen LogP contribution in [0.15, 0.2) is 48.2 Å². The fourth-order valence-corrected chi connectivity index (χ4v) is 3.98. The molecule has 2 aromatic rings. The molecule has 0 aliphatic carbocycles. The number of nitrogens with zero attached hydrogens (tertiary/aromatic N) is 2. The Morgan fingerprint density at radius 2 is 1.48 bits per heavy atom. The summed E-state index contributed by atoms with van der Waals surface area (Å²) < 4.78 is 0. The summed E-state index contributed by atoms with van der Waals surface area (Å²) in [5.41, 5.74) is 1.60.